The molecule has 0 aromatic heterocycles. The lowest BCUT2D eigenvalue weighted by Crippen LogP contribution is -2.06. The summed E-state index contributed by atoms with van der Waals surface area (Å²) in [5.74, 6) is 0.916. The fourth-order valence-corrected chi connectivity index (χ4v) is 7.34. The van der Waals surface area contributed by atoms with Gasteiger partial charge in [-0.05, 0) is 80.0 Å². The summed E-state index contributed by atoms with van der Waals surface area (Å²) in [6.07, 6.45) is 15.3. The van der Waals surface area contributed by atoms with Gasteiger partial charge in [-0.2, -0.15) is 0 Å². The molecule has 0 unspecified atom stereocenters. The normalized spacial score (nSPS) is 18.7. The van der Waals surface area contributed by atoms with E-state index in [1.54, 1.807) is 7.11 Å². The van der Waals surface area contributed by atoms with Crippen LogP contribution in [0.5, 0.6) is 5.75 Å². The first-order chi connectivity index (χ1) is 11.7. The van der Waals surface area contributed by atoms with Crippen LogP contribution in [-0.2, 0) is 11.0 Å². The minimum atomic E-state index is -2.40. The molecule has 0 fully saturated rings. The highest BCUT2D eigenvalue weighted by atomic mass is 31.2. The molecule has 2 aliphatic carbocycles. The molecule has 0 N–H and O–H groups in total. The van der Waals surface area contributed by atoms with Crippen LogP contribution in [0, 0.1) is 0 Å². The molecule has 0 atom stereocenters. The van der Waals surface area contributed by atoms with Crippen LogP contribution in [0.2, 0.25) is 0 Å². The molecule has 0 aliphatic heterocycles. The Bertz CT molecular complexity index is 642. The van der Waals surface area contributed by atoms with Crippen LogP contribution in [0.25, 0.3) is 0 Å². The molecular formula is C21H29O2P. The molecule has 24 heavy (non-hydrogen) atoms. The summed E-state index contributed by atoms with van der Waals surface area (Å²) in [7, 11) is -0.685. The first-order valence-corrected chi connectivity index (χ1v) is 11.2. The summed E-state index contributed by atoms with van der Waals surface area (Å²) < 4.78 is 19.6. The Morgan fingerprint density at radius 2 is 1.58 bits per heavy atom. The van der Waals surface area contributed by atoms with Gasteiger partial charge in [-0.3, -0.25) is 0 Å². The van der Waals surface area contributed by atoms with E-state index in [-0.39, 0.29) is 0 Å². The number of rotatable bonds is 6. The number of methoxy groups -OCH3 is 1. The third-order valence-electron chi connectivity index (χ3n) is 5.35. The van der Waals surface area contributed by atoms with Crippen molar-refractivity contribution >= 4 is 7.14 Å². The average Bonchev–Trinajstić information content (AvgIpc) is 2.67. The smallest absolute Gasteiger partial charge is 0.135 e. The van der Waals surface area contributed by atoms with Crippen LogP contribution < -0.4 is 4.74 Å². The van der Waals surface area contributed by atoms with Gasteiger partial charge in [0.25, 0.3) is 0 Å². The topological polar surface area (TPSA) is 26.3 Å². The van der Waals surface area contributed by atoms with Crippen molar-refractivity contribution in [2.45, 2.75) is 57.8 Å². The van der Waals surface area contributed by atoms with Gasteiger partial charge < -0.3 is 9.30 Å². The maximum Gasteiger partial charge on any atom is 0.135 e. The van der Waals surface area contributed by atoms with Crippen molar-refractivity contribution in [3.05, 3.63) is 52.6 Å². The fraction of sp³-hybridized carbons (Fsp3) is 0.524. The van der Waals surface area contributed by atoms with E-state index in [9.17, 15) is 4.57 Å². The Morgan fingerprint density at radius 1 is 0.958 bits per heavy atom. The number of aryl methyl sites for hydroxylation is 1. The second kappa shape index (κ2) is 8.21. The summed E-state index contributed by atoms with van der Waals surface area (Å²) in [6, 6.07) is 8.14. The quantitative estimate of drug-likeness (QED) is 0.549. The van der Waals surface area contributed by atoms with Crippen molar-refractivity contribution in [3.63, 3.8) is 0 Å². The monoisotopic (exact) mass is 344 g/mol. The molecule has 130 valence electrons. The summed E-state index contributed by atoms with van der Waals surface area (Å²) in [5, 5.41) is 2.52. The van der Waals surface area contributed by atoms with Crippen molar-refractivity contribution in [3.8, 4) is 5.75 Å². The van der Waals surface area contributed by atoms with Gasteiger partial charge in [0.2, 0.25) is 0 Å². The molecule has 0 bridgehead atoms. The fourth-order valence-electron chi connectivity index (χ4n) is 3.96. The Hall–Kier alpha value is -1.27. The van der Waals surface area contributed by atoms with E-state index in [0.717, 1.165) is 44.0 Å². The van der Waals surface area contributed by atoms with E-state index < -0.39 is 7.14 Å². The third kappa shape index (κ3) is 3.86. The zero-order valence-electron chi connectivity index (χ0n) is 14.8. The molecule has 0 amide bonds. The molecular weight excluding hydrogens is 315 g/mol. The van der Waals surface area contributed by atoms with Crippen LogP contribution >= 0.6 is 7.14 Å². The number of ether oxygens (including phenoxy) is 1. The molecule has 1 aromatic carbocycles. The molecule has 0 heterocycles. The first-order valence-electron chi connectivity index (χ1n) is 9.34. The Morgan fingerprint density at radius 3 is 2.12 bits per heavy atom. The molecule has 3 heteroatoms. The predicted octanol–water partition coefficient (Wildman–Crippen LogP) is 6.52. The van der Waals surface area contributed by atoms with Crippen molar-refractivity contribution in [1.82, 2.24) is 0 Å². The largest absolute Gasteiger partial charge is 0.496 e. The number of para-hydroxylation sites is 1. The van der Waals surface area contributed by atoms with Crippen LogP contribution in [0.3, 0.4) is 0 Å². The van der Waals surface area contributed by atoms with Gasteiger partial charge in [-0.15, -0.1) is 0 Å². The molecule has 0 saturated heterocycles. The molecule has 2 aliphatic rings. The van der Waals surface area contributed by atoms with Gasteiger partial charge >= 0.3 is 0 Å². The van der Waals surface area contributed by atoms with Crippen LogP contribution in [0.1, 0.15) is 56.9 Å². The standard InChI is InChI=1S/C21H29O2P/c1-23-21-15-9-8-10-18(21)16-17-24(22,19-11-4-2-5-12-19)20-13-6-3-7-14-20/h8-11,13,15H,2-7,12,14,16-17H2,1H3. The first kappa shape index (κ1) is 17.5. The van der Waals surface area contributed by atoms with Crippen molar-refractivity contribution in [2.75, 3.05) is 13.3 Å². The number of benzene rings is 1. The molecule has 3 rings (SSSR count). The highest BCUT2D eigenvalue weighted by Gasteiger charge is 2.32. The highest BCUT2D eigenvalue weighted by molar-refractivity contribution is 7.72. The van der Waals surface area contributed by atoms with Crippen molar-refractivity contribution < 1.29 is 9.30 Å². The number of allylic oxidation sites excluding steroid dienone is 4. The van der Waals surface area contributed by atoms with Crippen molar-refractivity contribution in [2.24, 2.45) is 0 Å². The predicted molar refractivity (Wildman–Crippen MR) is 102 cm³/mol. The van der Waals surface area contributed by atoms with E-state index in [1.165, 1.54) is 41.9 Å². The van der Waals surface area contributed by atoms with Crippen molar-refractivity contribution in [1.29, 1.82) is 0 Å². The summed E-state index contributed by atoms with van der Waals surface area (Å²) in [5.41, 5.74) is 1.17. The van der Waals surface area contributed by atoms with Gasteiger partial charge in [0.1, 0.15) is 12.9 Å². The number of hydrogen-bond acceptors (Lipinski definition) is 2. The van der Waals surface area contributed by atoms with E-state index in [4.69, 9.17) is 4.74 Å². The Kier molecular flexibility index (Phi) is 6.00. The van der Waals surface area contributed by atoms with Crippen LogP contribution in [-0.4, -0.2) is 13.3 Å². The Balaban J connectivity index is 1.86. The third-order valence-corrected chi connectivity index (χ3v) is 8.87. The van der Waals surface area contributed by atoms with Crippen LogP contribution in [0.15, 0.2) is 47.0 Å². The second-order valence-corrected chi connectivity index (χ2v) is 9.98. The van der Waals surface area contributed by atoms with E-state index in [0.29, 0.717) is 0 Å². The lowest BCUT2D eigenvalue weighted by Gasteiger charge is -2.28. The zero-order chi connectivity index (χ0) is 16.8. The lowest BCUT2D eigenvalue weighted by atomic mass is 10.1. The van der Waals surface area contributed by atoms with E-state index in [2.05, 4.69) is 18.2 Å². The van der Waals surface area contributed by atoms with E-state index in [1.807, 2.05) is 18.2 Å². The van der Waals surface area contributed by atoms with Gasteiger partial charge in [0.15, 0.2) is 0 Å². The Labute approximate surface area is 146 Å². The summed E-state index contributed by atoms with van der Waals surface area (Å²) in [4.78, 5) is 0. The minimum Gasteiger partial charge on any atom is -0.496 e. The van der Waals surface area contributed by atoms with Gasteiger partial charge in [-0.1, -0.05) is 30.4 Å². The molecule has 2 nitrogen and oxygen atoms in total. The number of hydrogen-bond donors (Lipinski definition) is 0. The van der Waals surface area contributed by atoms with Gasteiger partial charge in [0.05, 0.1) is 7.11 Å². The molecule has 1 aromatic rings. The zero-order valence-corrected chi connectivity index (χ0v) is 15.7. The molecule has 0 spiro atoms. The van der Waals surface area contributed by atoms with Gasteiger partial charge in [0, 0.05) is 6.16 Å². The van der Waals surface area contributed by atoms with Gasteiger partial charge in [-0.25, -0.2) is 0 Å². The van der Waals surface area contributed by atoms with Crippen LogP contribution in [0.4, 0.5) is 0 Å². The molecule has 0 radical (unpaired) electrons. The highest BCUT2D eigenvalue weighted by Crippen LogP contribution is 2.65. The maximum absolute atomic E-state index is 14.1. The SMILES string of the molecule is COc1ccccc1CCP(=O)(C1=CCCCC1)C1=CCCCC1. The summed E-state index contributed by atoms with van der Waals surface area (Å²) in [6.45, 7) is 0. The average molecular weight is 344 g/mol. The maximum atomic E-state index is 14.1. The lowest BCUT2D eigenvalue weighted by molar-refractivity contribution is 0.410. The minimum absolute atomic E-state index is 0.755. The van der Waals surface area contributed by atoms with E-state index >= 15 is 0 Å². The summed E-state index contributed by atoms with van der Waals surface area (Å²) >= 11 is 0. The second-order valence-electron chi connectivity index (χ2n) is 6.91. The molecule has 0 saturated carbocycles.